The number of hydrogen-bond acceptors (Lipinski definition) is 2. The van der Waals surface area contributed by atoms with Gasteiger partial charge in [-0.25, -0.2) is 0 Å². The van der Waals surface area contributed by atoms with Crippen molar-refractivity contribution in [2.45, 2.75) is 32.3 Å². The van der Waals surface area contributed by atoms with Crippen LogP contribution < -0.4 is 0 Å². The van der Waals surface area contributed by atoms with Crippen molar-refractivity contribution in [2.75, 3.05) is 0 Å². The minimum atomic E-state index is -0.339. The zero-order valence-electron chi connectivity index (χ0n) is 7.58. The first-order chi connectivity index (χ1) is 5.74. The average molecular weight is 168 g/mol. The Morgan fingerprint density at radius 2 is 2.08 bits per heavy atom. The van der Waals surface area contributed by atoms with Gasteiger partial charge in [0.2, 0.25) is 0 Å². The van der Waals surface area contributed by atoms with Gasteiger partial charge >= 0.3 is 5.97 Å². The quantitative estimate of drug-likeness (QED) is 0.450. The van der Waals surface area contributed by atoms with Gasteiger partial charge in [0.1, 0.15) is 6.10 Å². The molecule has 12 heavy (non-hydrogen) atoms. The van der Waals surface area contributed by atoms with Gasteiger partial charge in [-0.15, -0.1) is 0 Å². The predicted octanol–water partition coefficient (Wildman–Crippen LogP) is 2.46. The molecular weight excluding hydrogens is 152 g/mol. The Morgan fingerprint density at radius 3 is 2.50 bits per heavy atom. The molecule has 0 unspecified atom stereocenters. The van der Waals surface area contributed by atoms with Crippen molar-refractivity contribution in [2.24, 2.45) is 0 Å². The SMILES string of the molecule is C=CC(C=C)OC(=O)CCCC. The molecular formula is C10H16O2. The first kappa shape index (κ1) is 11.0. The highest BCUT2D eigenvalue weighted by atomic mass is 16.5. The van der Waals surface area contributed by atoms with Crippen LogP contribution in [0.2, 0.25) is 0 Å². The van der Waals surface area contributed by atoms with Crippen molar-refractivity contribution in [1.29, 1.82) is 0 Å². The Morgan fingerprint density at radius 1 is 1.50 bits per heavy atom. The van der Waals surface area contributed by atoms with Crippen LogP contribution in [0.5, 0.6) is 0 Å². The van der Waals surface area contributed by atoms with Gasteiger partial charge in [0, 0.05) is 6.42 Å². The van der Waals surface area contributed by atoms with Gasteiger partial charge in [-0.1, -0.05) is 26.5 Å². The van der Waals surface area contributed by atoms with Crippen molar-refractivity contribution >= 4 is 5.97 Å². The van der Waals surface area contributed by atoms with Crippen molar-refractivity contribution < 1.29 is 9.53 Å². The smallest absolute Gasteiger partial charge is 0.306 e. The monoisotopic (exact) mass is 168 g/mol. The standard InChI is InChI=1S/C10H16O2/c1-4-7-8-10(11)12-9(5-2)6-3/h5-6,9H,2-4,7-8H2,1H3. The van der Waals surface area contributed by atoms with Crippen LogP contribution in [0.4, 0.5) is 0 Å². The lowest BCUT2D eigenvalue weighted by atomic mass is 10.2. The Bertz CT molecular complexity index is 153. The number of ether oxygens (including phenoxy) is 1. The summed E-state index contributed by atoms with van der Waals surface area (Å²) < 4.78 is 4.98. The van der Waals surface area contributed by atoms with Gasteiger partial charge in [0.15, 0.2) is 0 Å². The lowest BCUT2D eigenvalue weighted by Gasteiger charge is -2.08. The van der Waals surface area contributed by atoms with E-state index in [1.165, 1.54) is 0 Å². The van der Waals surface area contributed by atoms with E-state index in [1.807, 2.05) is 6.92 Å². The van der Waals surface area contributed by atoms with Crippen LogP contribution in [0, 0.1) is 0 Å². The van der Waals surface area contributed by atoms with E-state index in [0.29, 0.717) is 6.42 Å². The molecule has 0 rings (SSSR count). The summed E-state index contributed by atoms with van der Waals surface area (Å²) in [6.07, 6.45) is 5.12. The molecule has 0 bridgehead atoms. The molecule has 0 aliphatic heterocycles. The molecule has 0 aromatic rings. The Labute approximate surface area is 73.9 Å². The second-order valence-corrected chi connectivity index (χ2v) is 2.53. The van der Waals surface area contributed by atoms with Crippen LogP contribution >= 0.6 is 0 Å². The molecule has 0 saturated heterocycles. The van der Waals surface area contributed by atoms with Crippen LogP contribution in [-0.4, -0.2) is 12.1 Å². The molecule has 0 radical (unpaired) electrons. The summed E-state index contributed by atoms with van der Waals surface area (Å²) in [5, 5.41) is 0. The molecule has 0 heterocycles. The topological polar surface area (TPSA) is 26.3 Å². The van der Waals surface area contributed by atoms with Crippen LogP contribution in [0.25, 0.3) is 0 Å². The lowest BCUT2D eigenvalue weighted by molar-refractivity contribution is -0.145. The van der Waals surface area contributed by atoms with Crippen LogP contribution in [0.1, 0.15) is 26.2 Å². The minimum absolute atomic E-state index is 0.179. The van der Waals surface area contributed by atoms with E-state index < -0.39 is 0 Å². The van der Waals surface area contributed by atoms with Gasteiger partial charge in [0.05, 0.1) is 0 Å². The Hall–Kier alpha value is -1.05. The molecule has 2 heteroatoms. The highest BCUT2D eigenvalue weighted by molar-refractivity contribution is 5.69. The molecule has 68 valence electrons. The molecule has 0 saturated carbocycles. The van der Waals surface area contributed by atoms with Crippen molar-refractivity contribution in [3.05, 3.63) is 25.3 Å². The second-order valence-electron chi connectivity index (χ2n) is 2.53. The zero-order valence-corrected chi connectivity index (χ0v) is 7.58. The van der Waals surface area contributed by atoms with E-state index >= 15 is 0 Å². The summed E-state index contributed by atoms with van der Waals surface area (Å²) >= 11 is 0. The number of hydrogen-bond donors (Lipinski definition) is 0. The summed E-state index contributed by atoms with van der Waals surface area (Å²) in [5.74, 6) is -0.179. The summed E-state index contributed by atoms with van der Waals surface area (Å²) in [4.78, 5) is 11.0. The summed E-state index contributed by atoms with van der Waals surface area (Å²) in [6.45, 7) is 9.07. The molecule has 0 atom stereocenters. The van der Waals surface area contributed by atoms with Crippen molar-refractivity contribution in [3.63, 3.8) is 0 Å². The first-order valence-corrected chi connectivity index (χ1v) is 4.19. The fraction of sp³-hybridized carbons (Fsp3) is 0.500. The highest BCUT2D eigenvalue weighted by Gasteiger charge is 2.05. The molecule has 0 N–H and O–H groups in total. The predicted molar refractivity (Wildman–Crippen MR) is 49.8 cm³/mol. The molecule has 0 spiro atoms. The number of rotatable bonds is 6. The highest BCUT2D eigenvalue weighted by Crippen LogP contribution is 2.01. The third kappa shape index (κ3) is 4.72. The van der Waals surface area contributed by atoms with E-state index in [-0.39, 0.29) is 12.1 Å². The summed E-state index contributed by atoms with van der Waals surface area (Å²) in [5.41, 5.74) is 0. The Kier molecular flexibility index (Phi) is 6.07. The fourth-order valence-electron chi connectivity index (χ4n) is 0.724. The van der Waals surface area contributed by atoms with Crippen LogP contribution in [0.3, 0.4) is 0 Å². The minimum Gasteiger partial charge on any atom is -0.454 e. The van der Waals surface area contributed by atoms with E-state index in [1.54, 1.807) is 12.2 Å². The number of esters is 1. The van der Waals surface area contributed by atoms with E-state index in [0.717, 1.165) is 12.8 Å². The largest absolute Gasteiger partial charge is 0.454 e. The van der Waals surface area contributed by atoms with Gasteiger partial charge in [-0.05, 0) is 18.6 Å². The molecule has 0 aromatic heterocycles. The van der Waals surface area contributed by atoms with E-state index in [4.69, 9.17) is 4.74 Å². The molecule has 0 aromatic carbocycles. The number of unbranched alkanes of at least 4 members (excludes halogenated alkanes) is 1. The molecule has 0 fully saturated rings. The lowest BCUT2D eigenvalue weighted by Crippen LogP contribution is -2.12. The fourth-order valence-corrected chi connectivity index (χ4v) is 0.724. The maximum absolute atomic E-state index is 11.0. The van der Waals surface area contributed by atoms with Crippen molar-refractivity contribution in [3.8, 4) is 0 Å². The van der Waals surface area contributed by atoms with E-state index in [2.05, 4.69) is 13.2 Å². The average Bonchev–Trinajstić information content (AvgIpc) is 2.10. The second kappa shape index (κ2) is 6.65. The maximum atomic E-state index is 11.0. The van der Waals surface area contributed by atoms with Gasteiger partial charge in [0.25, 0.3) is 0 Å². The zero-order chi connectivity index (χ0) is 9.40. The summed E-state index contributed by atoms with van der Waals surface area (Å²) in [7, 11) is 0. The normalized spacial score (nSPS) is 9.50. The first-order valence-electron chi connectivity index (χ1n) is 4.19. The van der Waals surface area contributed by atoms with Gasteiger partial charge < -0.3 is 4.74 Å². The summed E-state index contributed by atoms with van der Waals surface area (Å²) in [6, 6.07) is 0. The van der Waals surface area contributed by atoms with Crippen LogP contribution in [-0.2, 0) is 9.53 Å². The molecule has 0 aliphatic rings. The third-order valence-electron chi connectivity index (χ3n) is 1.47. The number of carbonyl (C=O) groups excluding carboxylic acids is 1. The Balaban J connectivity index is 3.66. The maximum Gasteiger partial charge on any atom is 0.306 e. The van der Waals surface area contributed by atoms with Crippen LogP contribution in [0.15, 0.2) is 25.3 Å². The van der Waals surface area contributed by atoms with E-state index in [9.17, 15) is 4.79 Å². The third-order valence-corrected chi connectivity index (χ3v) is 1.47. The molecule has 0 amide bonds. The molecule has 0 aliphatic carbocycles. The number of carbonyl (C=O) groups is 1. The molecule has 2 nitrogen and oxygen atoms in total. The van der Waals surface area contributed by atoms with Gasteiger partial charge in [-0.3, -0.25) is 4.79 Å². The van der Waals surface area contributed by atoms with Gasteiger partial charge in [-0.2, -0.15) is 0 Å². The van der Waals surface area contributed by atoms with Crippen molar-refractivity contribution in [1.82, 2.24) is 0 Å².